The van der Waals surface area contributed by atoms with Crippen LogP contribution < -0.4 is 4.74 Å². The largest absolute Gasteiger partial charge is 0.491 e. The second-order valence-corrected chi connectivity index (χ2v) is 10.1. The van der Waals surface area contributed by atoms with E-state index in [-0.39, 0.29) is 18.3 Å². The van der Waals surface area contributed by atoms with Crippen molar-refractivity contribution in [1.82, 2.24) is 0 Å². The second kappa shape index (κ2) is 11.9. The number of hydrogen-bond acceptors (Lipinski definition) is 4. The fraction of sp³-hybridized carbons (Fsp3) is 0.379. The van der Waals surface area contributed by atoms with E-state index in [0.717, 1.165) is 47.3 Å². The first-order valence-corrected chi connectivity index (χ1v) is 13.7. The average molecular weight is 558 g/mol. The highest BCUT2D eigenvalue weighted by molar-refractivity contribution is 9.08. The molecule has 0 N–H and O–H groups in total. The van der Waals surface area contributed by atoms with Gasteiger partial charge in [-0.1, -0.05) is 94.3 Å². The van der Waals surface area contributed by atoms with Crippen molar-refractivity contribution in [2.75, 3.05) is 13.2 Å². The zero-order valence-electron chi connectivity index (χ0n) is 19.6. The summed E-state index contributed by atoms with van der Waals surface area (Å²) in [7, 11) is 0. The monoisotopic (exact) mass is 556 g/mol. The number of fused-ring (bicyclic) bond motifs is 1. The fourth-order valence-electron chi connectivity index (χ4n) is 4.88. The van der Waals surface area contributed by atoms with Gasteiger partial charge in [-0.3, -0.25) is 0 Å². The summed E-state index contributed by atoms with van der Waals surface area (Å²) >= 11 is 10.2. The van der Waals surface area contributed by atoms with Crippen molar-refractivity contribution in [1.29, 1.82) is 0 Å². The summed E-state index contributed by atoms with van der Waals surface area (Å²) in [6.07, 6.45) is 2.35. The quantitative estimate of drug-likeness (QED) is 0.261. The van der Waals surface area contributed by atoms with E-state index >= 15 is 0 Å². The van der Waals surface area contributed by atoms with Crippen molar-refractivity contribution in [3.05, 3.63) is 99.6 Å². The molecule has 2 aliphatic heterocycles. The Labute approximate surface area is 220 Å². The minimum atomic E-state index is -0.0969. The molecule has 0 spiro atoms. The zero-order chi connectivity index (χ0) is 24.0. The van der Waals surface area contributed by atoms with Gasteiger partial charge in [0.2, 0.25) is 0 Å². The highest BCUT2D eigenvalue weighted by Crippen LogP contribution is 2.44. The topological polar surface area (TPSA) is 36.9 Å². The lowest BCUT2D eigenvalue weighted by Gasteiger charge is -2.36. The molecule has 2 aliphatic rings. The summed E-state index contributed by atoms with van der Waals surface area (Å²) in [5.41, 5.74) is 5.69. The van der Waals surface area contributed by atoms with Crippen LogP contribution in [-0.2, 0) is 39.2 Å². The van der Waals surface area contributed by atoms with E-state index in [1.54, 1.807) is 0 Å². The molecule has 3 aromatic rings. The van der Waals surface area contributed by atoms with Crippen molar-refractivity contribution < 1.29 is 18.9 Å². The Hall–Kier alpha value is -1.89. The van der Waals surface area contributed by atoms with Gasteiger partial charge in [-0.25, -0.2) is 0 Å². The summed E-state index contributed by atoms with van der Waals surface area (Å²) < 4.78 is 25.0. The van der Waals surface area contributed by atoms with Crippen LogP contribution in [0.4, 0.5) is 0 Å². The highest BCUT2D eigenvalue weighted by Gasteiger charge is 2.35. The van der Waals surface area contributed by atoms with Crippen LogP contribution in [0.1, 0.15) is 46.8 Å². The molecule has 3 aromatic carbocycles. The highest BCUT2D eigenvalue weighted by atomic mass is 79.9. The minimum absolute atomic E-state index is 0.0562. The summed E-state index contributed by atoms with van der Waals surface area (Å²) in [5, 5.41) is 1.37. The molecule has 0 aromatic heterocycles. The van der Waals surface area contributed by atoms with Crippen molar-refractivity contribution in [2.45, 2.75) is 56.1 Å². The Bertz CT molecular complexity index is 1110. The first-order chi connectivity index (χ1) is 17.2. The van der Waals surface area contributed by atoms with E-state index in [0.29, 0.717) is 36.8 Å². The molecule has 0 aliphatic carbocycles. The van der Waals surface area contributed by atoms with Gasteiger partial charge >= 0.3 is 0 Å². The van der Waals surface area contributed by atoms with Gasteiger partial charge in [0.05, 0.1) is 49.8 Å². The van der Waals surface area contributed by atoms with Crippen molar-refractivity contribution in [3.8, 4) is 5.75 Å². The molecule has 4 nitrogen and oxygen atoms in total. The normalized spacial score (nSPS) is 21.5. The Morgan fingerprint density at radius 3 is 2.37 bits per heavy atom. The fourth-order valence-corrected chi connectivity index (χ4v) is 5.78. The van der Waals surface area contributed by atoms with Crippen LogP contribution in [0.15, 0.2) is 66.7 Å². The number of hydrogen-bond donors (Lipinski definition) is 0. The molecule has 5 rings (SSSR count). The molecule has 0 amide bonds. The molecule has 35 heavy (non-hydrogen) atoms. The van der Waals surface area contributed by atoms with Crippen LogP contribution in [-0.4, -0.2) is 25.4 Å². The number of benzene rings is 3. The SMILES string of the molecule is Clc1c(CBr)cc(C2CC(OCc3ccccc3)CC(COCc3ccccc3)O2)c2c1OCC2. The molecule has 0 bridgehead atoms. The van der Waals surface area contributed by atoms with Crippen molar-refractivity contribution in [3.63, 3.8) is 0 Å². The summed E-state index contributed by atoms with van der Waals surface area (Å²) in [5.74, 6) is 0.812. The van der Waals surface area contributed by atoms with Gasteiger partial charge in [-0.05, 0) is 22.3 Å². The zero-order valence-corrected chi connectivity index (χ0v) is 22.0. The van der Waals surface area contributed by atoms with Gasteiger partial charge in [0, 0.05) is 30.2 Å². The predicted molar refractivity (Wildman–Crippen MR) is 141 cm³/mol. The smallest absolute Gasteiger partial charge is 0.141 e. The Morgan fingerprint density at radius 1 is 0.943 bits per heavy atom. The lowest BCUT2D eigenvalue weighted by molar-refractivity contribution is -0.142. The first-order valence-electron chi connectivity index (χ1n) is 12.2. The van der Waals surface area contributed by atoms with Gasteiger partial charge < -0.3 is 18.9 Å². The third kappa shape index (κ3) is 6.10. The predicted octanol–water partition coefficient (Wildman–Crippen LogP) is 7.19. The summed E-state index contributed by atoms with van der Waals surface area (Å²) in [6, 6.07) is 22.7. The van der Waals surface area contributed by atoms with Gasteiger partial charge in [-0.2, -0.15) is 0 Å². The average Bonchev–Trinajstić information content (AvgIpc) is 3.40. The van der Waals surface area contributed by atoms with Crippen molar-refractivity contribution in [2.24, 2.45) is 0 Å². The molecule has 2 heterocycles. The Kier molecular flexibility index (Phi) is 8.43. The van der Waals surface area contributed by atoms with Gasteiger partial charge in [0.1, 0.15) is 5.75 Å². The van der Waals surface area contributed by atoms with E-state index < -0.39 is 0 Å². The molecule has 0 radical (unpaired) electrons. The maximum atomic E-state index is 6.64. The van der Waals surface area contributed by atoms with E-state index in [1.807, 2.05) is 36.4 Å². The summed E-state index contributed by atoms with van der Waals surface area (Å²) in [4.78, 5) is 0. The van der Waals surface area contributed by atoms with Crippen LogP contribution in [0.3, 0.4) is 0 Å². The molecule has 1 fully saturated rings. The van der Waals surface area contributed by atoms with Gasteiger partial charge in [0.25, 0.3) is 0 Å². The number of rotatable bonds is 9. The number of halogens is 2. The van der Waals surface area contributed by atoms with Gasteiger partial charge in [-0.15, -0.1) is 0 Å². The van der Waals surface area contributed by atoms with E-state index in [2.05, 4.69) is 46.3 Å². The molecular formula is C29H30BrClO4. The number of ether oxygens (including phenoxy) is 4. The second-order valence-electron chi connectivity index (χ2n) is 9.12. The van der Waals surface area contributed by atoms with E-state index in [1.165, 1.54) is 5.56 Å². The van der Waals surface area contributed by atoms with E-state index in [4.69, 9.17) is 30.5 Å². The third-order valence-electron chi connectivity index (χ3n) is 6.63. The molecule has 1 saturated heterocycles. The molecule has 3 atom stereocenters. The molecule has 0 saturated carbocycles. The molecule has 6 heteroatoms. The standard InChI is InChI=1S/C29H30BrClO4/c30-16-22-13-26(25-11-12-33-29(25)28(22)31)27-15-23(34-18-21-9-5-2-6-10-21)14-24(35-27)19-32-17-20-7-3-1-4-8-20/h1-10,13,23-24,27H,11-12,14-19H2. The van der Waals surface area contributed by atoms with E-state index in [9.17, 15) is 0 Å². The van der Waals surface area contributed by atoms with Crippen LogP contribution in [0.5, 0.6) is 5.75 Å². The van der Waals surface area contributed by atoms with Crippen LogP contribution in [0.2, 0.25) is 5.02 Å². The molecular weight excluding hydrogens is 528 g/mol. The van der Waals surface area contributed by atoms with Crippen LogP contribution in [0.25, 0.3) is 0 Å². The summed E-state index contributed by atoms with van der Waals surface area (Å²) in [6.45, 7) is 2.33. The lowest BCUT2D eigenvalue weighted by Crippen LogP contribution is -2.36. The Morgan fingerprint density at radius 2 is 1.66 bits per heavy atom. The van der Waals surface area contributed by atoms with Crippen molar-refractivity contribution >= 4 is 27.5 Å². The number of alkyl halides is 1. The van der Waals surface area contributed by atoms with Crippen LogP contribution >= 0.6 is 27.5 Å². The molecule has 184 valence electrons. The Balaban J connectivity index is 1.33. The maximum Gasteiger partial charge on any atom is 0.141 e. The first kappa shape index (κ1) is 24.8. The van der Waals surface area contributed by atoms with Gasteiger partial charge in [0.15, 0.2) is 0 Å². The minimum Gasteiger partial charge on any atom is -0.491 e. The van der Waals surface area contributed by atoms with Crippen LogP contribution in [0, 0.1) is 0 Å². The third-order valence-corrected chi connectivity index (χ3v) is 7.64. The molecule has 3 unspecified atom stereocenters. The maximum absolute atomic E-state index is 6.64. The lowest BCUT2D eigenvalue weighted by atomic mass is 9.91.